The zero-order chi connectivity index (χ0) is 14.0. The van der Waals surface area contributed by atoms with E-state index in [1.54, 1.807) is 17.9 Å². The van der Waals surface area contributed by atoms with Gasteiger partial charge in [0.05, 0.1) is 5.41 Å². The Kier molecular flexibility index (Phi) is 3.83. The molecule has 0 bridgehead atoms. The third-order valence-corrected chi connectivity index (χ3v) is 4.32. The second kappa shape index (κ2) is 5.23. The molecule has 5 nitrogen and oxygen atoms in total. The molecular formula is C14H22N2O3. The van der Waals surface area contributed by atoms with Gasteiger partial charge in [-0.1, -0.05) is 12.5 Å². The highest BCUT2D eigenvalue weighted by atomic mass is 16.4. The van der Waals surface area contributed by atoms with Crippen LogP contribution in [-0.4, -0.2) is 40.6 Å². The van der Waals surface area contributed by atoms with Gasteiger partial charge in [0.15, 0.2) is 0 Å². The number of carbonyl (C=O) groups is 2. The number of carboxylic acids is 1. The van der Waals surface area contributed by atoms with Crippen LogP contribution in [-0.2, 0) is 4.79 Å². The van der Waals surface area contributed by atoms with Crippen LogP contribution in [0.2, 0.25) is 0 Å². The van der Waals surface area contributed by atoms with E-state index in [1.807, 2.05) is 0 Å². The van der Waals surface area contributed by atoms with E-state index in [4.69, 9.17) is 0 Å². The van der Waals surface area contributed by atoms with Gasteiger partial charge in [-0.3, -0.25) is 4.79 Å². The van der Waals surface area contributed by atoms with Gasteiger partial charge in [-0.15, -0.1) is 6.58 Å². The second-order valence-corrected chi connectivity index (χ2v) is 5.79. The SMILES string of the molecule is C=CCN(C(=O)NC1CCCC1(C)C(=O)O)C1CC1. The summed E-state index contributed by atoms with van der Waals surface area (Å²) in [6.45, 7) is 5.91. The average molecular weight is 266 g/mol. The Bertz CT molecular complexity index is 392. The minimum absolute atomic E-state index is 0.151. The van der Waals surface area contributed by atoms with Crippen LogP contribution in [0.5, 0.6) is 0 Å². The maximum atomic E-state index is 12.3. The number of hydrogen-bond donors (Lipinski definition) is 2. The normalized spacial score (nSPS) is 29.8. The number of nitrogens with zero attached hydrogens (tertiary/aromatic N) is 1. The fourth-order valence-electron chi connectivity index (χ4n) is 2.81. The van der Waals surface area contributed by atoms with E-state index < -0.39 is 11.4 Å². The highest BCUT2D eigenvalue weighted by molar-refractivity contribution is 5.79. The third-order valence-electron chi connectivity index (χ3n) is 4.32. The lowest BCUT2D eigenvalue weighted by Gasteiger charge is -2.30. The Hall–Kier alpha value is -1.52. The molecule has 0 aromatic carbocycles. The number of rotatable bonds is 5. The van der Waals surface area contributed by atoms with Crippen LogP contribution < -0.4 is 5.32 Å². The lowest BCUT2D eigenvalue weighted by Crippen LogP contribution is -2.52. The van der Waals surface area contributed by atoms with Gasteiger partial charge in [-0.05, 0) is 32.6 Å². The molecule has 0 aromatic rings. The Morgan fingerprint density at radius 3 is 2.68 bits per heavy atom. The van der Waals surface area contributed by atoms with Crippen molar-refractivity contribution in [3.8, 4) is 0 Å². The van der Waals surface area contributed by atoms with Crippen molar-refractivity contribution in [3.05, 3.63) is 12.7 Å². The van der Waals surface area contributed by atoms with Crippen LogP contribution in [0.25, 0.3) is 0 Å². The van der Waals surface area contributed by atoms with Crippen molar-refractivity contribution in [1.82, 2.24) is 10.2 Å². The number of nitrogens with one attached hydrogen (secondary N) is 1. The monoisotopic (exact) mass is 266 g/mol. The van der Waals surface area contributed by atoms with E-state index in [1.165, 1.54) is 0 Å². The maximum absolute atomic E-state index is 12.3. The van der Waals surface area contributed by atoms with Crippen molar-refractivity contribution in [2.75, 3.05) is 6.54 Å². The van der Waals surface area contributed by atoms with Crippen LogP contribution in [0.4, 0.5) is 4.79 Å². The number of urea groups is 1. The Labute approximate surface area is 113 Å². The minimum atomic E-state index is -0.834. The van der Waals surface area contributed by atoms with Gasteiger partial charge in [-0.2, -0.15) is 0 Å². The summed E-state index contributed by atoms with van der Waals surface area (Å²) in [5.74, 6) is -0.822. The number of carbonyl (C=O) groups excluding carboxylic acids is 1. The molecule has 19 heavy (non-hydrogen) atoms. The molecule has 0 radical (unpaired) electrons. The molecule has 0 spiro atoms. The molecule has 0 aliphatic heterocycles. The summed E-state index contributed by atoms with van der Waals surface area (Å²) < 4.78 is 0. The van der Waals surface area contributed by atoms with Crippen molar-refractivity contribution >= 4 is 12.0 Å². The molecule has 2 amide bonds. The molecule has 106 valence electrons. The zero-order valence-electron chi connectivity index (χ0n) is 11.4. The largest absolute Gasteiger partial charge is 0.481 e. The lowest BCUT2D eigenvalue weighted by molar-refractivity contribution is -0.148. The molecule has 2 rings (SSSR count). The first-order valence-corrected chi connectivity index (χ1v) is 6.90. The Morgan fingerprint density at radius 2 is 2.16 bits per heavy atom. The van der Waals surface area contributed by atoms with Crippen LogP contribution in [0.1, 0.15) is 39.0 Å². The number of amides is 2. The van der Waals surface area contributed by atoms with E-state index in [0.717, 1.165) is 25.7 Å². The van der Waals surface area contributed by atoms with Crippen molar-refractivity contribution < 1.29 is 14.7 Å². The molecule has 2 aliphatic rings. The van der Waals surface area contributed by atoms with E-state index in [-0.39, 0.29) is 12.1 Å². The van der Waals surface area contributed by atoms with E-state index >= 15 is 0 Å². The first-order chi connectivity index (χ1) is 8.99. The fourth-order valence-corrected chi connectivity index (χ4v) is 2.81. The highest BCUT2D eigenvalue weighted by Crippen LogP contribution is 2.38. The number of hydrogen-bond acceptors (Lipinski definition) is 2. The zero-order valence-corrected chi connectivity index (χ0v) is 11.4. The first-order valence-electron chi connectivity index (χ1n) is 6.90. The molecule has 2 atom stereocenters. The summed E-state index contributed by atoms with van der Waals surface area (Å²) >= 11 is 0. The van der Waals surface area contributed by atoms with Crippen LogP contribution in [0.15, 0.2) is 12.7 Å². The summed E-state index contributed by atoms with van der Waals surface area (Å²) in [5.41, 5.74) is -0.834. The van der Waals surface area contributed by atoms with Gasteiger partial charge < -0.3 is 15.3 Å². The Morgan fingerprint density at radius 1 is 1.47 bits per heavy atom. The minimum Gasteiger partial charge on any atom is -0.481 e. The predicted octanol–water partition coefficient (Wildman–Crippen LogP) is 1.99. The van der Waals surface area contributed by atoms with Gasteiger partial charge in [0.25, 0.3) is 0 Å². The lowest BCUT2D eigenvalue weighted by atomic mass is 9.85. The summed E-state index contributed by atoms with van der Waals surface area (Å²) in [5, 5.41) is 12.3. The van der Waals surface area contributed by atoms with Crippen molar-refractivity contribution in [3.63, 3.8) is 0 Å². The van der Waals surface area contributed by atoms with Gasteiger partial charge in [-0.25, -0.2) is 4.79 Å². The summed E-state index contributed by atoms with van der Waals surface area (Å²) in [6.07, 6.45) is 5.98. The van der Waals surface area contributed by atoms with Crippen molar-refractivity contribution in [2.45, 2.75) is 51.1 Å². The predicted molar refractivity (Wildman–Crippen MR) is 71.8 cm³/mol. The molecule has 2 unspecified atom stereocenters. The average Bonchev–Trinajstić information content (AvgIpc) is 3.12. The van der Waals surface area contributed by atoms with Gasteiger partial charge in [0.1, 0.15) is 0 Å². The molecular weight excluding hydrogens is 244 g/mol. The molecule has 2 aliphatic carbocycles. The van der Waals surface area contributed by atoms with Crippen molar-refractivity contribution in [2.24, 2.45) is 5.41 Å². The maximum Gasteiger partial charge on any atom is 0.318 e. The molecule has 2 N–H and O–H groups in total. The fraction of sp³-hybridized carbons (Fsp3) is 0.714. The van der Waals surface area contributed by atoms with E-state index in [9.17, 15) is 14.7 Å². The quantitative estimate of drug-likeness (QED) is 0.748. The molecule has 0 heterocycles. The van der Waals surface area contributed by atoms with E-state index in [0.29, 0.717) is 19.0 Å². The molecule has 0 aromatic heterocycles. The van der Waals surface area contributed by atoms with Crippen molar-refractivity contribution in [1.29, 1.82) is 0 Å². The summed E-state index contributed by atoms with van der Waals surface area (Å²) in [4.78, 5) is 25.4. The van der Waals surface area contributed by atoms with Crippen LogP contribution in [0, 0.1) is 5.41 Å². The summed E-state index contributed by atoms with van der Waals surface area (Å²) in [7, 11) is 0. The first kappa shape index (κ1) is 13.9. The highest BCUT2D eigenvalue weighted by Gasteiger charge is 2.46. The standard InChI is InChI=1S/C14H22N2O3/c1-3-9-16(10-6-7-10)13(19)15-11-5-4-8-14(11,2)12(17)18/h3,10-11H,1,4-9H2,2H3,(H,15,19)(H,17,18). The second-order valence-electron chi connectivity index (χ2n) is 5.79. The number of carboxylic acid groups (broad SMARTS) is 1. The molecule has 2 fully saturated rings. The van der Waals surface area contributed by atoms with Gasteiger partial charge in [0.2, 0.25) is 0 Å². The van der Waals surface area contributed by atoms with Gasteiger partial charge in [0, 0.05) is 18.6 Å². The smallest absolute Gasteiger partial charge is 0.318 e. The van der Waals surface area contributed by atoms with Crippen LogP contribution >= 0.6 is 0 Å². The van der Waals surface area contributed by atoms with E-state index in [2.05, 4.69) is 11.9 Å². The number of aliphatic carboxylic acids is 1. The molecule has 5 heteroatoms. The van der Waals surface area contributed by atoms with Gasteiger partial charge >= 0.3 is 12.0 Å². The molecule has 0 saturated heterocycles. The Balaban J connectivity index is 2.01. The van der Waals surface area contributed by atoms with Crippen LogP contribution in [0.3, 0.4) is 0 Å². The topological polar surface area (TPSA) is 69.6 Å². The third kappa shape index (κ3) is 2.74. The molecule has 2 saturated carbocycles. The summed E-state index contributed by atoms with van der Waals surface area (Å²) in [6, 6.07) is -0.124.